The first-order valence-corrected chi connectivity index (χ1v) is 8.57. The Morgan fingerprint density at radius 1 is 0.864 bits per heavy atom. The quantitative estimate of drug-likeness (QED) is 0.682. The molecule has 0 spiro atoms. The predicted molar refractivity (Wildman–Crippen MR) is 88.4 cm³/mol. The summed E-state index contributed by atoms with van der Waals surface area (Å²) in [7, 11) is -3.68. The van der Waals surface area contributed by atoms with Crippen molar-refractivity contribution in [1.29, 1.82) is 0 Å². The highest BCUT2D eigenvalue weighted by Crippen LogP contribution is 2.23. The average Bonchev–Trinajstić information content (AvgIpc) is 2.49. The third-order valence-corrected chi connectivity index (χ3v) is 4.65. The lowest BCUT2D eigenvalue weighted by Gasteiger charge is -2.09. The minimum atomic E-state index is -3.68. The van der Waals surface area contributed by atoms with Crippen LogP contribution in [0.3, 0.4) is 0 Å². The Bertz CT molecular complexity index is 914. The number of aryl methyl sites for hydroxylation is 1. The molecule has 112 valence electrons. The maximum Gasteiger partial charge on any atom is 0.313 e. The molecule has 4 heteroatoms. The first-order chi connectivity index (χ1) is 10.5. The highest BCUT2D eigenvalue weighted by atomic mass is 32.2. The highest BCUT2D eigenvalue weighted by molar-refractivity contribution is 7.86. The summed E-state index contributed by atoms with van der Waals surface area (Å²) in [5.41, 5.74) is 1.69. The molecule has 0 aliphatic rings. The second-order valence-electron chi connectivity index (χ2n) is 5.22. The minimum Gasteiger partial charge on any atom is -0.382 e. The van der Waals surface area contributed by atoms with E-state index in [0.717, 1.165) is 21.9 Å². The van der Waals surface area contributed by atoms with Gasteiger partial charge in [-0.2, -0.15) is 8.42 Å². The van der Waals surface area contributed by atoms with Crippen LogP contribution in [0.25, 0.3) is 10.8 Å². The van der Waals surface area contributed by atoms with Gasteiger partial charge in [0, 0.05) is 0 Å². The molecule has 0 saturated carbocycles. The molecule has 0 amide bonds. The van der Waals surface area contributed by atoms with Crippen LogP contribution in [0, 0.1) is 6.92 Å². The van der Waals surface area contributed by atoms with Gasteiger partial charge in [0.05, 0.1) is 0 Å². The first kappa shape index (κ1) is 14.6. The number of fused-ring (bicyclic) bond motifs is 1. The van der Waals surface area contributed by atoms with Gasteiger partial charge in [-0.25, -0.2) is 0 Å². The van der Waals surface area contributed by atoms with E-state index in [2.05, 4.69) is 0 Å². The van der Waals surface area contributed by atoms with E-state index >= 15 is 0 Å². The van der Waals surface area contributed by atoms with Crippen molar-refractivity contribution in [3.8, 4) is 5.75 Å². The molecule has 0 radical (unpaired) electrons. The molecule has 0 fully saturated rings. The first-order valence-electron chi connectivity index (χ1n) is 6.99. The second kappa shape index (κ2) is 5.81. The van der Waals surface area contributed by atoms with Crippen LogP contribution in [0.1, 0.15) is 11.1 Å². The largest absolute Gasteiger partial charge is 0.382 e. The lowest BCUT2D eigenvalue weighted by Crippen LogP contribution is -2.12. The summed E-state index contributed by atoms with van der Waals surface area (Å²) in [6.07, 6.45) is 0. The number of benzene rings is 3. The van der Waals surface area contributed by atoms with Crippen LogP contribution in [-0.2, 0) is 15.9 Å². The van der Waals surface area contributed by atoms with Crippen LogP contribution < -0.4 is 4.18 Å². The maximum absolute atomic E-state index is 12.2. The fraction of sp³-hybridized carbons (Fsp3) is 0.111. The zero-order chi connectivity index (χ0) is 15.6. The summed E-state index contributed by atoms with van der Waals surface area (Å²) in [4.78, 5) is 0. The van der Waals surface area contributed by atoms with Crippen LogP contribution in [0.15, 0.2) is 66.7 Å². The van der Waals surface area contributed by atoms with Crippen LogP contribution in [0.5, 0.6) is 5.75 Å². The van der Waals surface area contributed by atoms with E-state index in [-0.39, 0.29) is 5.75 Å². The normalized spacial score (nSPS) is 11.5. The van der Waals surface area contributed by atoms with Gasteiger partial charge in [0.2, 0.25) is 0 Å². The molecule has 0 atom stereocenters. The van der Waals surface area contributed by atoms with Gasteiger partial charge in [0.25, 0.3) is 0 Å². The number of hydrogen-bond donors (Lipinski definition) is 0. The van der Waals surface area contributed by atoms with Gasteiger partial charge in [-0.1, -0.05) is 54.6 Å². The van der Waals surface area contributed by atoms with Crippen molar-refractivity contribution in [2.24, 2.45) is 0 Å². The fourth-order valence-corrected chi connectivity index (χ4v) is 3.52. The Labute approximate surface area is 130 Å². The summed E-state index contributed by atoms with van der Waals surface area (Å²) >= 11 is 0. The van der Waals surface area contributed by atoms with Crippen molar-refractivity contribution < 1.29 is 12.6 Å². The van der Waals surface area contributed by atoms with Gasteiger partial charge in [0.15, 0.2) is 0 Å². The van der Waals surface area contributed by atoms with Crippen molar-refractivity contribution in [2.75, 3.05) is 0 Å². The SMILES string of the molecule is Cc1ccccc1CS(=O)(=O)Oc1ccc2ccccc2c1. The van der Waals surface area contributed by atoms with Crippen LogP contribution in [0.4, 0.5) is 0 Å². The van der Waals surface area contributed by atoms with Gasteiger partial charge in [-0.05, 0) is 41.0 Å². The molecule has 22 heavy (non-hydrogen) atoms. The van der Waals surface area contributed by atoms with Crippen LogP contribution in [-0.4, -0.2) is 8.42 Å². The molecule has 0 aliphatic heterocycles. The van der Waals surface area contributed by atoms with Crippen molar-refractivity contribution in [3.05, 3.63) is 77.9 Å². The molecular weight excluding hydrogens is 296 g/mol. The molecule has 3 aromatic rings. The maximum atomic E-state index is 12.2. The average molecular weight is 312 g/mol. The van der Waals surface area contributed by atoms with Crippen molar-refractivity contribution in [2.45, 2.75) is 12.7 Å². The van der Waals surface area contributed by atoms with Crippen LogP contribution in [0.2, 0.25) is 0 Å². The Balaban J connectivity index is 1.85. The Morgan fingerprint density at radius 3 is 2.32 bits per heavy atom. The van der Waals surface area contributed by atoms with E-state index in [1.54, 1.807) is 18.2 Å². The highest BCUT2D eigenvalue weighted by Gasteiger charge is 2.15. The molecule has 0 aromatic heterocycles. The summed E-state index contributed by atoms with van der Waals surface area (Å²) in [5.74, 6) is 0.208. The number of hydrogen-bond acceptors (Lipinski definition) is 3. The fourth-order valence-electron chi connectivity index (χ4n) is 2.36. The minimum absolute atomic E-state index is 0.132. The zero-order valence-electron chi connectivity index (χ0n) is 12.2. The van der Waals surface area contributed by atoms with Gasteiger partial charge >= 0.3 is 10.1 Å². The van der Waals surface area contributed by atoms with Gasteiger partial charge in [-0.3, -0.25) is 0 Å². The summed E-state index contributed by atoms with van der Waals surface area (Å²) in [6.45, 7) is 1.89. The van der Waals surface area contributed by atoms with Crippen LogP contribution >= 0.6 is 0 Å². The van der Waals surface area contributed by atoms with Gasteiger partial charge in [-0.15, -0.1) is 0 Å². The van der Waals surface area contributed by atoms with Gasteiger partial charge < -0.3 is 4.18 Å². The lowest BCUT2D eigenvalue weighted by atomic mass is 10.1. The molecule has 3 nitrogen and oxygen atoms in total. The number of rotatable bonds is 4. The van der Waals surface area contributed by atoms with E-state index in [4.69, 9.17) is 4.18 Å². The van der Waals surface area contributed by atoms with Crippen molar-refractivity contribution in [1.82, 2.24) is 0 Å². The monoisotopic (exact) mass is 312 g/mol. The Hall–Kier alpha value is -2.33. The molecule has 0 heterocycles. The molecule has 3 aromatic carbocycles. The Morgan fingerprint density at radius 2 is 1.55 bits per heavy atom. The van der Waals surface area contributed by atoms with E-state index in [0.29, 0.717) is 5.75 Å². The predicted octanol–water partition coefficient (Wildman–Crippen LogP) is 4.06. The van der Waals surface area contributed by atoms with E-state index in [9.17, 15) is 8.42 Å². The molecule has 0 unspecified atom stereocenters. The summed E-state index contributed by atoms with van der Waals surface area (Å²) < 4.78 is 29.7. The second-order valence-corrected chi connectivity index (χ2v) is 6.79. The summed E-state index contributed by atoms with van der Waals surface area (Å²) in [5, 5.41) is 2.00. The molecule has 0 N–H and O–H groups in total. The van der Waals surface area contributed by atoms with E-state index in [1.165, 1.54) is 0 Å². The molecule has 3 rings (SSSR count). The Kier molecular flexibility index (Phi) is 3.86. The molecule has 0 saturated heterocycles. The topological polar surface area (TPSA) is 43.4 Å². The van der Waals surface area contributed by atoms with Crippen molar-refractivity contribution in [3.63, 3.8) is 0 Å². The summed E-state index contributed by atoms with van der Waals surface area (Å²) in [6, 6.07) is 20.4. The molecule has 0 aliphatic carbocycles. The molecule has 0 bridgehead atoms. The smallest absolute Gasteiger partial charge is 0.313 e. The third-order valence-electron chi connectivity index (χ3n) is 3.54. The van der Waals surface area contributed by atoms with Gasteiger partial charge in [0.1, 0.15) is 11.5 Å². The lowest BCUT2D eigenvalue weighted by molar-refractivity contribution is 0.485. The zero-order valence-corrected chi connectivity index (χ0v) is 13.0. The molecular formula is C18H16O3S. The van der Waals surface area contributed by atoms with Crippen molar-refractivity contribution >= 4 is 20.9 Å². The third kappa shape index (κ3) is 3.28. The van der Waals surface area contributed by atoms with E-state index < -0.39 is 10.1 Å². The standard InChI is InChI=1S/C18H16O3S/c1-14-6-2-3-9-17(14)13-22(19,20)21-18-11-10-15-7-4-5-8-16(15)12-18/h2-12H,13H2,1H3. The van der Waals surface area contributed by atoms with E-state index in [1.807, 2.05) is 55.5 Å².